The van der Waals surface area contributed by atoms with E-state index in [2.05, 4.69) is 20.2 Å². The molecule has 7 heteroatoms. The predicted octanol–water partition coefficient (Wildman–Crippen LogP) is 2.98. The van der Waals surface area contributed by atoms with Gasteiger partial charge in [0, 0.05) is 24.2 Å². The number of nitrogens with zero attached hydrogens (tertiary/aromatic N) is 2. The number of benzene rings is 2. The number of likely N-dealkylation sites (N-methyl/N-ethyl adjacent to an activating group) is 1. The van der Waals surface area contributed by atoms with E-state index in [0.29, 0.717) is 24.2 Å². The minimum atomic E-state index is -0.299. The molecular weight excluding hydrogens is 362 g/mol. The van der Waals surface area contributed by atoms with Crippen LogP contribution in [0.15, 0.2) is 42.5 Å². The molecule has 2 aromatic carbocycles. The Kier molecular flexibility index (Phi) is 5.39. The number of halogens is 2. The lowest BCUT2D eigenvalue weighted by atomic mass is 9.92. The molecule has 1 aliphatic rings. The number of imidazole rings is 1. The highest BCUT2D eigenvalue weighted by atomic mass is 19.1. The Morgan fingerprint density at radius 1 is 1.25 bits per heavy atom. The molecule has 1 aliphatic heterocycles. The van der Waals surface area contributed by atoms with E-state index >= 15 is 0 Å². The van der Waals surface area contributed by atoms with Gasteiger partial charge in [-0.05, 0) is 43.7 Å². The number of fused-ring (bicyclic) bond motifs is 1. The first-order chi connectivity index (χ1) is 13.6. The fourth-order valence-corrected chi connectivity index (χ4v) is 4.29. The normalized spacial score (nSPS) is 22.9. The van der Waals surface area contributed by atoms with Crippen LogP contribution in [-0.2, 0) is 6.54 Å². The Balaban J connectivity index is 1.46. The summed E-state index contributed by atoms with van der Waals surface area (Å²) in [6.45, 7) is 1.21. The molecule has 2 heterocycles. The van der Waals surface area contributed by atoms with Crippen molar-refractivity contribution in [3.05, 3.63) is 65.5 Å². The molecule has 4 rings (SSSR count). The number of aliphatic hydroxyl groups excluding tert-OH is 1. The third kappa shape index (κ3) is 3.65. The van der Waals surface area contributed by atoms with Crippen LogP contribution in [0.3, 0.4) is 0 Å². The summed E-state index contributed by atoms with van der Waals surface area (Å²) in [6.07, 6.45) is 0.782. The molecule has 28 heavy (non-hydrogen) atoms. The summed E-state index contributed by atoms with van der Waals surface area (Å²) in [5, 5.41) is 13.1. The maximum Gasteiger partial charge on any atom is 0.127 e. The fraction of sp³-hybridized carbons (Fsp3) is 0.381. The van der Waals surface area contributed by atoms with Crippen molar-refractivity contribution >= 4 is 11.0 Å². The van der Waals surface area contributed by atoms with Crippen molar-refractivity contribution in [2.75, 3.05) is 20.2 Å². The lowest BCUT2D eigenvalue weighted by Gasteiger charge is -2.28. The first kappa shape index (κ1) is 19.0. The Morgan fingerprint density at radius 3 is 2.86 bits per heavy atom. The van der Waals surface area contributed by atoms with Gasteiger partial charge in [-0.2, -0.15) is 0 Å². The van der Waals surface area contributed by atoms with E-state index in [-0.39, 0.29) is 36.2 Å². The van der Waals surface area contributed by atoms with Gasteiger partial charge in [0.25, 0.3) is 0 Å². The molecule has 0 amide bonds. The van der Waals surface area contributed by atoms with Crippen molar-refractivity contribution in [1.82, 2.24) is 20.2 Å². The number of H-pyrrole nitrogens is 1. The van der Waals surface area contributed by atoms with E-state index in [9.17, 15) is 13.9 Å². The quantitative estimate of drug-likeness (QED) is 0.610. The van der Waals surface area contributed by atoms with E-state index in [4.69, 9.17) is 0 Å². The highest BCUT2D eigenvalue weighted by molar-refractivity contribution is 5.74. The van der Waals surface area contributed by atoms with Gasteiger partial charge in [0.05, 0.1) is 24.2 Å². The lowest BCUT2D eigenvalue weighted by Crippen LogP contribution is -2.32. The largest absolute Gasteiger partial charge is 0.395 e. The van der Waals surface area contributed by atoms with E-state index in [1.807, 2.05) is 19.2 Å². The Hall–Kier alpha value is -2.35. The van der Waals surface area contributed by atoms with Crippen molar-refractivity contribution in [3.63, 3.8) is 0 Å². The van der Waals surface area contributed by atoms with E-state index in [0.717, 1.165) is 17.8 Å². The van der Waals surface area contributed by atoms with Gasteiger partial charge in [0.1, 0.15) is 17.5 Å². The maximum atomic E-state index is 14.4. The summed E-state index contributed by atoms with van der Waals surface area (Å²) in [5.74, 6) is 0.364. The Bertz CT molecular complexity index is 960. The van der Waals surface area contributed by atoms with Crippen molar-refractivity contribution in [2.45, 2.75) is 25.0 Å². The number of rotatable bonds is 6. The smallest absolute Gasteiger partial charge is 0.127 e. The topological polar surface area (TPSA) is 64.2 Å². The molecule has 5 nitrogen and oxygen atoms in total. The van der Waals surface area contributed by atoms with Crippen LogP contribution in [0.4, 0.5) is 8.78 Å². The summed E-state index contributed by atoms with van der Waals surface area (Å²) < 4.78 is 27.7. The summed E-state index contributed by atoms with van der Waals surface area (Å²) in [6, 6.07) is 11.2. The van der Waals surface area contributed by atoms with Crippen LogP contribution in [0.25, 0.3) is 11.0 Å². The molecule has 1 aromatic heterocycles. The maximum absolute atomic E-state index is 14.4. The van der Waals surface area contributed by atoms with Crippen LogP contribution >= 0.6 is 0 Å². The molecule has 3 aromatic rings. The second-order valence-electron chi connectivity index (χ2n) is 7.44. The molecule has 0 spiro atoms. The van der Waals surface area contributed by atoms with Crippen LogP contribution in [-0.4, -0.2) is 46.2 Å². The van der Waals surface area contributed by atoms with E-state index in [1.54, 1.807) is 12.1 Å². The highest BCUT2D eigenvalue weighted by Crippen LogP contribution is 2.40. The average molecular weight is 386 g/mol. The third-order valence-electron chi connectivity index (χ3n) is 5.66. The van der Waals surface area contributed by atoms with Gasteiger partial charge >= 0.3 is 0 Å². The number of aromatic nitrogens is 2. The minimum absolute atomic E-state index is 0.00517. The monoisotopic (exact) mass is 386 g/mol. The van der Waals surface area contributed by atoms with Crippen molar-refractivity contribution in [1.29, 1.82) is 0 Å². The summed E-state index contributed by atoms with van der Waals surface area (Å²) in [7, 11) is 1.94. The Morgan fingerprint density at radius 2 is 2.07 bits per heavy atom. The van der Waals surface area contributed by atoms with Gasteiger partial charge in [-0.15, -0.1) is 0 Å². The highest BCUT2D eigenvalue weighted by Gasteiger charge is 2.40. The number of likely N-dealkylation sites (tertiary alicyclic amines) is 1. The first-order valence-corrected chi connectivity index (χ1v) is 9.49. The van der Waals surface area contributed by atoms with Gasteiger partial charge in [-0.3, -0.25) is 4.90 Å². The molecule has 0 radical (unpaired) electrons. The minimum Gasteiger partial charge on any atom is -0.395 e. The molecule has 1 fully saturated rings. The zero-order chi connectivity index (χ0) is 19.7. The molecule has 3 N–H and O–H groups in total. The average Bonchev–Trinajstić information content (AvgIpc) is 3.22. The molecule has 0 unspecified atom stereocenters. The summed E-state index contributed by atoms with van der Waals surface area (Å²) in [4.78, 5) is 9.64. The summed E-state index contributed by atoms with van der Waals surface area (Å²) in [5.41, 5.74) is 2.05. The zero-order valence-corrected chi connectivity index (χ0v) is 15.7. The van der Waals surface area contributed by atoms with Crippen LogP contribution in [0, 0.1) is 17.6 Å². The van der Waals surface area contributed by atoms with Crippen LogP contribution in [0.1, 0.15) is 23.9 Å². The second kappa shape index (κ2) is 7.95. The van der Waals surface area contributed by atoms with Crippen LogP contribution in [0.5, 0.6) is 0 Å². The Labute approximate surface area is 162 Å². The molecule has 0 aliphatic carbocycles. The van der Waals surface area contributed by atoms with Gasteiger partial charge in [0.15, 0.2) is 0 Å². The SMILES string of the molecule is CN1[C@@H](CO)C[C@@H](CNCc2nc3ccc(F)cc3[nH]2)[C@H]1c1ccccc1F. The zero-order valence-electron chi connectivity index (χ0n) is 15.7. The third-order valence-corrected chi connectivity index (χ3v) is 5.66. The van der Waals surface area contributed by atoms with E-state index in [1.165, 1.54) is 18.2 Å². The number of aromatic amines is 1. The molecule has 0 bridgehead atoms. The predicted molar refractivity (Wildman–Crippen MR) is 104 cm³/mol. The van der Waals surface area contributed by atoms with Gasteiger partial charge in [-0.25, -0.2) is 13.8 Å². The van der Waals surface area contributed by atoms with E-state index < -0.39 is 0 Å². The van der Waals surface area contributed by atoms with Crippen LogP contribution < -0.4 is 5.32 Å². The standard InChI is InChI=1S/C21H24F2N4O/c1-27-15(12-28)8-13(21(27)16-4-2-3-5-17(16)23)10-24-11-20-25-18-7-6-14(22)9-19(18)26-20/h2-7,9,13,15,21,24,28H,8,10-12H2,1H3,(H,25,26)/t13-,15+,21-/m0/s1. The number of aliphatic hydroxyl groups is 1. The summed E-state index contributed by atoms with van der Waals surface area (Å²) >= 11 is 0. The van der Waals surface area contributed by atoms with Crippen molar-refractivity contribution in [3.8, 4) is 0 Å². The number of hydrogen-bond donors (Lipinski definition) is 3. The second-order valence-corrected chi connectivity index (χ2v) is 7.44. The van der Waals surface area contributed by atoms with Crippen molar-refractivity contribution < 1.29 is 13.9 Å². The molecule has 1 saturated heterocycles. The van der Waals surface area contributed by atoms with Crippen LogP contribution in [0.2, 0.25) is 0 Å². The number of hydrogen-bond acceptors (Lipinski definition) is 4. The first-order valence-electron chi connectivity index (χ1n) is 9.49. The number of nitrogens with one attached hydrogen (secondary N) is 2. The lowest BCUT2D eigenvalue weighted by molar-refractivity contribution is 0.151. The van der Waals surface area contributed by atoms with Gasteiger partial charge in [-0.1, -0.05) is 18.2 Å². The van der Waals surface area contributed by atoms with Gasteiger partial charge < -0.3 is 15.4 Å². The van der Waals surface area contributed by atoms with Gasteiger partial charge in [0.2, 0.25) is 0 Å². The molecular formula is C21H24F2N4O. The van der Waals surface area contributed by atoms with Crippen molar-refractivity contribution in [2.24, 2.45) is 5.92 Å². The molecule has 3 atom stereocenters. The molecule has 148 valence electrons. The molecule has 0 saturated carbocycles. The fourth-order valence-electron chi connectivity index (χ4n) is 4.29.